The highest BCUT2D eigenvalue weighted by molar-refractivity contribution is 6.30. The zero-order valence-electron chi connectivity index (χ0n) is 7.12. The maximum atomic E-state index is 11.5. The SMILES string of the molecule is CC(C)C([O])c1cncc(Cl)c1. The van der Waals surface area contributed by atoms with Crippen LogP contribution in [0.2, 0.25) is 5.02 Å². The summed E-state index contributed by atoms with van der Waals surface area (Å²) in [5, 5.41) is 12.0. The Hall–Kier alpha value is -0.600. The Morgan fingerprint density at radius 3 is 2.58 bits per heavy atom. The Balaban J connectivity index is 2.88. The number of hydrogen-bond acceptors (Lipinski definition) is 1. The molecule has 12 heavy (non-hydrogen) atoms. The van der Waals surface area contributed by atoms with Crippen molar-refractivity contribution in [3.8, 4) is 0 Å². The van der Waals surface area contributed by atoms with Crippen molar-refractivity contribution < 1.29 is 5.11 Å². The first-order valence-corrected chi connectivity index (χ1v) is 4.25. The van der Waals surface area contributed by atoms with E-state index in [0.29, 0.717) is 10.6 Å². The molecule has 0 amide bonds. The Bertz CT molecular complexity index is 262. The van der Waals surface area contributed by atoms with Crippen LogP contribution < -0.4 is 0 Å². The predicted octanol–water partition coefficient (Wildman–Crippen LogP) is 2.86. The van der Waals surface area contributed by atoms with Gasteiger partial charge in [0.15, 0.2) is 0 Å². The van der Waals surface area contributed by atoms with E-state index in [0.717, 1.165) is 0 Å². The number of pyridine rings is 1. The van der Waals surface area contributed by atoms with Crippen LogP contribution in [0.15, 0.2) is 18.5 Å². The third-order valence-corrected chi connectivity index (χ3v) is 1.87. The zero-order chi connectivity index (χ0) is 9.14. The van der Waals surface area contributed by atoms with Crippen molar-refractivity contribution in [1.82, 2.24) is 4.98 Å². The molecular weight excluding hydrogens is 174 g/mol. The molecule has 2 nitrogen and oxygen atoms in total. The summed E-state index contributed by atoms with van der Waals surface area (Å²) in [6.45, 7) is 3.77. The van der Waals surface area contributed by atoms with Gasteiger partial charge in [0.25, 0.3) is 0 Å². The third-order valence-electron chi connectivity index (χ3n) is 1.66. The van der Waals surface area contributed by atoms with Gasteiger partial charge in [-0.2, -0.15) is 0 Å². The second-order valence-corrected chi connectivity index (χ2v) is 3.54. The smallest absolute Gasteiger partial charge is 0.122 e. The number of rotatable bonds is 2. The van der Waals surface area contributed by atoms with Crippen LogP contribution in [0.1, 0.15) is 25.5 Å². The van der Waals surface area contributed by atoms with Gasteiger partial charge in [-0.25, -0.2) is 5.11 Å². The lowest BCUT2D eigenvalue weighted by molar-refractivity contribution is 0.0485. The minimum Gasteiger partial charge on any atom is -0.263 e. The van der Waals surface area contributed by atoms with Crippen molar-refractivity contribution in [3.05, 3.63) is 29.0 Å². The highest BCUT2D eigenvalue weighted by Crippen LogP contribution is 2.22. The first-order valence-electron chi connectivity index (χ1n) is 3.87. The first-order chi connectivity index (χ1) is 5.61. The van der Waals surface area contributed by atoms with Gasteiger partial charge in [-0.15, -0.1) is 0 Å². The quantitative estimate of drug-likeness (QED) is 0.696. The Morgan fingerprint density at radius 1 is 1.42 bits per heavy atom. The highest BCUT2D eigenvalue weighted by Gasteiger charge is 2.14. The Kier molecular flexibility index (Phi) is 3.06. The maximum Gasteiger partial charge on any atom is 0.122 e. The van der Waals surface area contributed by atoms with Gasteiger partial charge in [0.05, 0.1) is 5.02 Å². The van der Waals surface area contributed by atoms with Gasteiger partial charge in [0, 0.05) is 18.0 Å². The van der Waals surface area contributed by atoms with Gasteiger partial charge in [-0.05, 0) is 12.0 Å². The first kappa shape index (κ1) is 9.49. The molecule has 1 atom stereocenters. The number of nitrogens with zero attached hydrogens (tertiary/aromatic N) is 1. The molecule has 0 fully saturated rings. The lowest BCUT2D eigenvalue weighted by atomic mass is 10.0. The lowest BCUT2D eigenvalue weighted by Gasteiger charge is -2.11. The van der Waals surface area contributed by atoms with E-state index < -0.39 is 6.10 Å². The van der Waals surface area contributed by atoms with Crippen LogP contribution in [0.25, 0.3) is 0 Å². The average molecular weight is 185 g/mol. The summed E-state index contributed by atoms with van der Waals surface area (Å²) in [7, 11) is 0. The second-order valence-electron chi connectivity index (χ2n) is 3.10. The normalized spacial score (nSPS) is 13.4. The fraction of sp³-hybridized carbons (Fsp3) is 0.444. The van der Waals surface area contributed by atoms with Crippen LogP contribution in [-0.4, -0.2) is 4.98 Å². The van der Waals surface area contributed by atoms with Crippen molar-refractivity contribution in [2.24, 2.45) is 5.92 Å². The van der Waals surface area contributed by atoms with E-state index in [-0.39, 0.29) is 5.92 Å². The molecule has 1 heterocycles. The molecule has 0 saturated heterocycles. The molecule has 0 aromatic carbocycles. The summed E-state index contributed by atoms with van der Waals surface area (Å²) in [6.07, 6.45) is 2.37. The van der Waals surface area contributed by atoms with E-state index in [4.69, 9.17) is 11.6 Å². The largest absolute Gasteiger partial charge is 0.263 e. The molecule has 1 rings (SSSR count). The van der Waals surface area contributed by atoms with Crippen molar-refractivity contribution >= 4 is 11.6 Å². The van der Waals surface area contributed by atoms with Gasteiger partial charge in [-0.3, -0.25) is 4.98 Å². The Labute approximate surface area is 77.2 Å². The average Bonchev–Trinajstić information content (AvgIpc) is 2.03. The van der Waals surface area contributed by atoms with Crippen molar-refractivity contribution in [2.75, 3.05) is 0 Å². The molecule has 0 bridgehead atoms. The van der Waals surface area contributed by atoms with E-state index in [2.05, 4.69) is 4.98 Å². The topological polar surface area (TPSA) is 32.8 Å². The minimum atomic E-state index is -0.726. The fourth-order valence-electron chi connectivity index (χ4n) is 0.969. The molecule has 0 N–H and O–H groups in total. The molecule has 0 aliphatic carbocycles. The summed E-state index contributed by atoms with van der Waals surface area (Å²) < 4.78 is 0. The number of halogens is 1. The van der Waals surface area contributed by atoms with Gasteiger partial charge in [-0.1, -0.05) is 25.4 Å². The van der Waals surface area contributed by atoms with E-state index in [9.17, 15) is 5.11 Å². The lowest BCUT2D eigenvalue weighted by Crippen LogP contribution is -2.03. The second kappa shape index (κ2) is 3.87. The van der Waals surface area contributed by atoms with Crippen LogP contribution in [0, 0.1) is 5.92 Å². The molecule has 0 saturated carbocycles. The number of aromatic nitrogens is 1. The summed E-state index contributed by atoms with van der Waals surface area (Å²) in [5.41, 5.74) is 0.664. The van der Waals surface area contributed by atoms with E-state index >= 15 is 0 Å². The highest BCUT2D eigenvalue weighted by atomic mass is 35.5. The van der Waals surface area contributed by atoms with Crippen molar-refractivity contribution in [3.63, 3.8) is 0 Å². The summed E-state index contributed by atoms with van der Waals surface area (Å²) >= 11 is 5.69. The van der Waals surface area contributed by atoms with Crippen LogP contribution in [0.4, 0.5) is 0 Å². The molecule has 0 aliphatic rings. The van der Waals surface area contributed by atoms with Crippen LogP contribution in [-0.2, 0) is 5.11 Å². The molecule has 65 valence electrons. The van der Waals surface area contributed by atoms with E-state index in [1.165, 1.54) is 6.20 Å². The van der Waals surface area contributed by atoms with Crippen LogP contribution in [0.3, 0.4) is 0 Å². The van der Waals surface area contributed by atoms with Crippen molar-refractivity contribution in [1.29, 1.82) is 0 Å². The minimum absolute atomic E-state index is 0.0743. The van der Waals surface area contributed by atoms with Gasteiger partial charge in [0.1, 0.15) is 6.10 Å². The standard InChI is InChI=1S/C9H11ClNO/c1-6(2)9(12)7-3-8(10)5-11-4-7/h3-6,9H,1-2H3. The zero-order valence-corrected chi connectivity index (χ0v) is 7.88. The van der Waals surface area contributed by atoms with Crippen molar-refractivity contribution in [2.45, 2.75) is 20.0 Å². The molecule has 1 radical (unpaired) electrons. The molecule has 1 unspecified atom stereocenters. The summed E-state index contributed by atoms with van der Waals surface area (Å²) in [6, 6.07) is 1.67. The maximum absolute atomic E-state index is 11.5. The van der Waals surface area contributed by atoms with Crippen LogP contribution in [0.5, 0.6) is 0 Å². The molecule has 0 spiro atoms. The van der Waals surface area contributed by atoms with Crippen LogP contribution >= 0.6 is 11.6 Å². The predicted molar refractivity (Wildman–Crippen MR) is 47.5 cm³/mol. The van der Waals surface area contributed by atoms with Gasteiger partial charge in [0.2, 0.25) is 0 Å². The summed E-state index contributed by atoms with van der Waals surface area (Å²) in [5.74, 6) is 0.0743. The molecule has 3 heteroatoms. The van der Waals surface area contributed by atoms with Gasteiger partial charge < -0.3 is 0 Å². The Morgan fingerprint density at radius 2 is 2.08 bits per heavy atom. The fourth-order valence-corrected chi connectivity index (χ4v) is 1.15. The molecule has 1 aromatic heterocycles. The number of hydrogen-bond donors (Lipinski definition) is 0. The third kappa shape index (κ3) is 2.19. The summed E-state index contributed by atoms with van der Waals surface area (Å²) in [4.78, 5) is 3.86. The van der Waals surface area contributed by atoms with E-state index in [1.54, 1.807) is 12.3 Å². The van der Waals surface area contributed by atoms with Gasteiger partial charge >= 0.3 is 0 Å². The molecule has 0 aliphatic heterocycles. The molecular formula is C9H11ClNO. The van der Waals surface area contributed by atoms with E-state index in [1.807, 2.05) is 13.8 Å². The molecule has 1 aromatic rings. The monoisotopic (exact) mass is 184 g/mol.